The van der Waals surface area contributed by atoms with Crippen LogP contribution in [0.3, 0.4) is 0 Å². The number of carboxylic acid groups (broad SMARTS) is 1. The highest BCUT2D eigenvalue weighted by atomic mass is 16.5. The zero-order valence-electron chi connectivity index (χ0n) is 9.84. The van der Waals surface area contributed by atoms with Gasteiger partial charge < -0.3 is 14.6 Å². The van der Waals surface area contributed by atoms with Crippen molar-refractivity contribution in [2.45, 2.75) is 24.4 Å². The quantitative estimate of drug-likeness (QED) is 0.834. The number of pyridine rings is 1. The number of ether oxygens (including phenoxy) is 2. The van der Waals surface area contributed by atoms with E-state index in [-0.39, 0.29) is 0 Å². The molecule has 1 fully saturated rings. The summed E-state index contributed by atoms with van der Waals surface area (Å²) in [6, 6.07) is 3.60. The minimum absolute atomic E-state index is 0.420. The van der Waals surface area contributed by atoms with Crippen molar-refractivity contribution >= 4 is 5.97 Å². The maximum absolute atomic E-state index is 11.2. The zero-order valence-corrected chi connectivity index (χ0v) is 9.84. The van der Waals surface area contributed by atoms with Gasteiger partial charge in [-0.25, -0.2) is 9.78 Å². The van der Waals surface area contributed by atoms with Crippen molar-refractivity contribution in [2.75, 3.05) is 14.2 Å². The van der Waals surface area contributed by atoms with Crippen LogP contribution in [-0.2, 0) is 14.9 Å². The Morgan fingerprint density at radius 3 is 2.71 bits per heavy atom. The third-order valence-corrected chi connectivity index (χ3v) is 3.27. The second-order valence-electron chi connectivity index (χ2n) is 4.20. The Morgan fingerprint density at radius 1 is 1.53 bits per heavy atom. The molecular formula is C12H15NO4. The summed E-state index contributed by atoms with van der Waals surface area (Å²) >= 11 is 0. The average Bonchev–Trinajstić information content (AvgIpc) is 3.11. The molecule has 0 saturated heterocycles. The first-order valence-electron chi connectivity index (χ1n) is 5.40. The van der Waals surface area contributed by atoms with Gasteiger partial charge >= 0.3 is 5.97 Å². The molecule has 2 rings (SSSR count). The van der Waals surface area contributed by atoms with Gasteiger partial charge in [0.05, 0.1) is 7.11 Å². The summed E-state index contributed by atoms with van der Waals surface area (Å²) in [7, 11) is 2.97. The predicted molar refractivity (Wildman–Crippen MR) is 60.1 cm³/mol. The Balaban J connectivity index is 2.34. The lowest BCUT2D eigenvalue weighted by Crippen LogP contribution is -2.35. The van der Waals surface area contributed by atoms with Crippen molar-refractivity contribution < 1.29 is 19.4 Å². The summed E-state index contributed by atoms with van der Waals surface area (Å²) in [5.41, 5.74) is 0.496. The average molecular weight is 237 g/mol. The number of aromatic nitrogens is 1. The molecule has 0 aromatic carbocycles. The molecule has 1 atom stereocenters. The molecule has 1 saturated carbocycles. The van der Waals surface area contributed by atoms with Gasteiger partial charge in [-0.15, -0.1) is 0 Å². The molecule has 0 aliphatic heterocycles. The van der Waals surface area contributed by atoms with E-state index in [1.54, 1.807) is 12.3 Å². The van der Waals surface area contributed by atoms with Crippen LogP contribution < -0.4 is 4.74 Å². The van der Waals surface area contributed by atoms with Gasteiger partial charge in [-0.05, 0) is 24.5 Å². The third-order valence-electron chi connectivity index (χ3n) is 3.27. The van der Waals surface area contributed by atoms with Crippen LogP contribution in [0.4, 0.5) is 0 Å². The highest BCUT2D eigenvalue weighted by Gasteiger charge is 2.54. The second-order valence-corrected chi connectivity index (χ2v) is 4.20. The fraction of sp³-hybridized carbons (Fsp3) is 0.500. The first-order chi connectivity index (χ1) is 8.14. The van der Waals surface area contributed by atoms with Gasteiger partial charge in [0.2, 0.25) is 5.88 Å². The van der Waals surface area contributed by atoms with E-state index in [1.165, 1.54) is 14.2 Å². The molecule has 1 heterocycles. The maximum Gasteiger partial charge on any atom is 0.333 e. The normalized spacial score (nSPS) is 18.5. The van der Waals surface area contributed by atoms with Crippen molar-refractivity contribution in [3.8, 4) is 5.88 Å². The molecule has 1 aromatic heterocycles. The van der Waals surface area contributed by atoms with Gasteiger partial charge in [0.25, 0.3) is 0 Å². The number of hydrogen-bond acceptors (Lipinski definition) is 4. The smallest absolute Gasteiger partial charge is 0.333 e. The van der Waals surface area contributed by atoms with E-state index in [4.69, 9.17) is 14.6 Å². The van der Waals surface area contributed by atoms with Crippen LogP contribution in [-0.4, -0.2) is 36.4 Å². The largest absolute Gasteiger partial charge is 0.481 e. The molecule has 17 heavy (non-hydrogen) atoms. The van der Waals surface area contributed by atoms with Crippen molar-refractivity contribution in [1.29, 1.82) is 0 Å². The second kappa shape index (κ2) is 4.33. The molecule has 92 valence electrons. The molecule has 1 aliphatic rings. The van der Waals surface area contributed by atoms with Gasteiger partial charge in [0, 0.05) is 24.8 Å². The molecule has 0 spiro atoms. The van der Waals surface area contributed by atoms with Crippen molar-refractivity contribution in [2.24, 2.45) is 0 Å². The molecule has 1 aromatic rings. The number of carboxylic acids is 1. The first-order valence-corrected chi connectivity index (χ1v) is 5.40. The van der Waals surface area contributed by atoms with Gasteiger partial charge in [-0.2, -0.15) is 0 Å². The van der Waals surface area contributed by atoms with Gasteiger partial charge in [0.1, 0.15) is 0 Å². The Bertz CT molecular complexity index is 428. The van der Waals surface area contributed by atoms with Crippen LogP contribution in [0.1, 0.15) is 18.4 Å². The summed E-state index contributed by atoms with van der Waals surface area (Å²) in [5, 5.41) is 9.16. The molecule has 0 bridgehead atoms. The fourth-order valence-corrected chi connectivity index (χ4v) is 2.23. The summed E-state index contributed by atoms with van der Waals surface area (Å²) in [6.45, 7) is 0. The number of nitrogens with zero attached hydrogens (tertiary/aromatic N) is 1. The SMILES string of the molecule is COc1cc(C2(C(OC)C(=O)O)CC2)ccn1. The molecule has 1 aliphatic carbocycles. The lowest BCUT2D eigenvalue weighted by Gasteiger charge is -2.22. The van der Waals surface area contributed by atoms with Crippen LogP contribution in [0.15, 0.2) is 18.3 Å². The Morgan fingerprint density at radius 2 is 2.24 bits per heavy atom. The number of carbonyl (C=O) groups is 1. The van der Waals surface area contributed by atoms with E-state index in [0.717, 1.165) is 18.4 Å². The summed E-state index contributed by atoms with van der Waals surface area (Å²) < 4.78 is 10.2. The van der Waals surface area contributed by atoms with Gasteiger partial charge in [0.15, 0.2) is 6.10 Å². The highest BCUT2D eigenvalue weighted by Crippen LogP contribution is 2.52. The molecule has 0 radical (unpaired) electrons. The minimum atomic E-state index is -0.930. The van der Waals surface area contributed by atoms with Gasteiger partial charge in [-0.3, -0.25) is 0 Å². The third kappa shape index (κ3) is 1.98. The Labute approximate surface area is 99.4 Å². The van der Waals surface area contributed by atoms with E-state index >= 15 is 0 Å². The molecular weight excluding hydrogens is 222 g/mol. The van der Waals surface area contributed by atoms with Crippen LogP contribution >= 0.6 is 0 Å². The number of rotatable bonds is 5. The number of hydrogen-bond donors (Lipinski definition) is 1. The highest BCUT2D eigenvalue weighted by molar-refractivity contribution is 5.76. The van der Waals surface area contributed by atoms with E-state index in [1.807, 2.05) is 6.07 Å². The van der Waals surface area contributed by atoms with Crippen molar-refractivity contribution in [1.82, 2.24) is 4.98 Å². The zero-order chi connectivity index (χ0) is 12.5. The fourth-order valence-electron chi connectivity index (χ4n) is 2.23. The molecule has 1 unspecified atom stereocenters. The predicted octanol–water partition coefficient (Wildman–Crippen LogP) is 1.22. The van der Waals surface area contributed by atoms with Gasteiger partial charge in [-0.1, -0.05) is 0 Å². The van der Waals surface area contributed by atoms with Crippen LogP contribution in [0.5, 0.6) is 5.88 Å². The van der Waals surface area contributed by atoms with Crippen molar-refractivity contribution in [3.05, 3.63) is 23.9 Å². The number of methoxy groups -OCH3 is 2. The van der Waals surface area contributed by atoms with Crippen LogP contribution in [0.2, 0.25) is 0 Å². The van der Waals surface area contributed by atoms with Crippen LogP contribution in [0, 0.1) is 0 Å². The lowest BCUT2D eigenvalue weighted by atomic mass is 9.90. The van der Waals surface area contributed by atoms with Crippen molar-refractivity contribution in [3.63, 3.8) is 0 Å². The molecule has 5 nitrogen and oxygen atoms in total. The summed E-state index contributed by atoms with van der Waals surface area (Å²) in [6.07, 6.45) is 2.44. The maximum atomic E-state index is 11.2. The first kappa shape index (κ1) is 11.9. The Hall–Kier alpha value is -1.62. The molecule has 1 N–H and O–H groups in total. The molecule has 0 amide bonds. The molecule has 5 heteroatoms. The van der Waals surface area contributed by atoms with Crippen LogP contribution in [0.25, 0.3) is 0 Å². The van der Waals surface area contributed by atoms with E-state index in [2.05, 4.69) is 4.98 Å². The lowest BCUT2D eigenvalue weighted by molar-refractivity contribution is -0.150. The van der Waals surface area contributed by atoms with E-state index in [0.29, 0.717) is 5.88 Å². The monoisotopic (exact) mass is 237 g/mol. The topological polar surface area (TPSA) is 68.7 Å². The minimum Gasteiger partial charge on any atom is -0.481 e. The Kier molecular flexibility index (Phi) is 3.02. The van der Waals surface area contributed by atoms with E-state index < -0.39 is 17.5 Å². The summed E-state index contributed by atoms with van der Waals surface area (Å²) in [5.74, 6) is -0.435. The standard InChI is InChI=1S/C12H15NO4/c1-16-9-7-8(3-6-13-9)12(4-5-12)10(17-2)11(14)15/h3,6-7,10H,4-5H2,1-2H3,(H,14,15). The van der Waals surface area contributed by atoms with E-state index in [9.17, 15) is 4.79 Å². The number of aliphatic carboxylic acids is 1. The summed E-state index contributed by atoms with van der Waals surface area (Å²) in [4.78, 5) is 15.2.